The lowest BCUT2D eigenvalue weighted by Crippen LogP contribution is -2.27. The number of amides is 2. The van der Waals surface area contributed by atoms with Crippen molar-refractivity contribution in [2.45, 2.75) is 19.4 Å². The molecule has 2 N–H and O–H groups in total. The molecule has 1 fully saturated rings. The third-order valence-corrected chi connectivity index (χ3v) is 5.86. The van der Waals surface area contributed by atoms with Crippen LogP contribution >= 0.6 is 11.3 Å². The fourth-order valence-electron chi connectivity index (χ4n) is 3.50. The Kier molecular flexibility index (Phi) is 5.91. The molecule has 0 spiro atoms. The molecule has 0 saturated carbocycles. The SMILES string of the molecule is O=C(Nc1ccc(N2CCCC2)c(C(=O)NCc2ccccc2)c1)c1cccs1. The van der Waals surface area contributed by atoms with Crippen molar-refractivity contribution in [1.82, 2.24) is 5.32 Å². The molecule has 1 aliphatic heterocycles. The van der Waals surface area contributed by atoms with E-state index in [9.17, 15) is 9.59 Å². The van der Waals surface area contributed by atoms with Gasteiger partial charge in [-0.15, -0.1) is 11.3 Å². The first-order chi connectivity index (χ1) is 14.2. The second-order valence-corrected chi connectivity index (χ2v) is 7.97. The molecule has 1 saturated heterocycles. The van der Waals surface area contributed by atoms with Crippen LogP contribution in [0.25, 0.3) is 0 Å². The van der Waals surface area contributed by atoms with E-state index in [0.29, 0.717) is 22.7 Å². The van der Waals surface area contributed by atoms with Crippen LogP contribution in [0, 0.1) is 0 Å². The van der Waals surface area contributed by atoms with Crippen LogP contribution in [0.4, 0.5) is 11.4 Å². The smallest absolute Gasteiger partial charge is 0.265 e. The molecular weight excluding hydrogens is 382 g/mol. The van der Waals surface area contributed by atoms with Gasteiger partial charge in [0.25, 0.3) is 11.8 Å². The maximum absolute atomic E-state index is 13.0. The quantitative estimate of drug-likeness (QED) is 0.633. The zero-order valence-electron chi connectivity index (χ0n) is 16.1. The number of nitrogens with one attached hydrogen (secondary N) is 2. The minimum atomic E-state index is -0.162. The second kappa shape index (κ2) is 8.92. The molecule has 2 aromatic carbocycles. The summed E-state index contributed by atoms with van der Waals surface area (Å²) in [4.78, 5) is 28.3. The van der Waals surface area contributed by atoms with E-state index in [2.05, 4.69) is 15.5 Å². The van der Waals surface area contributed by atoms with Gasteiger partial charge in [-0.25, -0.2) is 0 Å². The number of hydrogen-bond donors (Lipinski definition) is 2. The van der Waals surface area contributed by atoms with Gasteiger partial charge in [0.1, 0.15) is 0 Å². The van der Waals surface area contributed by atoms with Crippen molar-refractivity contribution in [3.63, 3.8) is 0 Å². The first-order valence-electron chi connectivity index (χ1n) is 9.77. The van der Waals surface area contributed by atoms with Crippen LogP contribution in [0.2, 0.25) is 0 Å². The summed E-state index contributed by atoms with van der Waals surface area (Å²) in [6, 6.07) is 19.1. The summed E-state index contributed by atoms with van der Waals surface area (Å²) in [6.07, 6.45) is 2.25. The largest absolute Gasteiger partial charge is 0.371 e. The highest BCUT2D eigenvalue weighted by Crippen LogP contribution is 2.28. The van der Waals surface area contributed by atoms with Gasteiger partial charge < -0.3 is 15.5 Å². The minimum Gasteiger partial charge on any atom is -0.371 e. The normalized spacial score (nSPS) is 13.3. The monoisotopic (exact) mass is 405 g/mol. The fourth-order valence-corrected chi connectivity index (χ4v) is 4.12. The lowest BCUT2D eigenvalue weighted by molar-refractivity contribution is 0.0950. The average molecular weight is 406 g/mol. The Morgan fingerprint density at radius 2 is 1.72 bits per heavy atom. The molecule has 5 nitrogen and oxygen atoms in total. The number of hydrogen-bond acceptors (Lipinski definition) is 4. The molecule has 0 unspecified atom stereocenters. The Hall–Kier alpha value is -3.12. The molecule has 0 radical (unpaired) electrons. The first kappa shape index (κ1) is 19.2. The van der Waals surface area contributed by atoms with E-state index >= 15 is 0 Å². The van der Waals surface area contributed by atoms with Gasteiger partial charge >= 0.3 is 0 Å². The second-order valence-electron chi connectivity index (χ2n) is 7.03. The number of thiophene rings is 1. The van der Waals surface area contributed by atoms with Gasteiger partial charge in [-0.05, 0) is 48.1 Å². The lowest BCUT2D eigenvalue weighted by atomic mass is 10.1. The summed E-state index contributed by atoms with van der Waals surface area (Å²) in [6.45, 7) is 2.35. The predicted molar refractivity (Wildman–Crippen MR) is 118 cm³/mol. The zero-order chi connectivity index (χ0) is 20.1. The van der Waals surface area contributed by atoms with Gasteiger partial charge in [0, 0.05) is 31.0 Å². The fraction of sp³-hybridized carbons (Fsp3) is 0.217. The molecule has 1 aromatic heterocycles. The van der Waals surface area contributed by atoms with Gasteiger partial charge in [-0.3, -0.25) is 9.59 Å². The van der Waals surface area contributed by atoms with Crippen LogP contribution in [0.15, 0.2) is 66.0 Å². The summed E-state index contributed by atoms with van der Waals surface area (Å²) in [5, 5.41) is 7.78. The number of rotatable bonds is 6. The number of benzene rings is 2. The predicted octanol–water partition coefficient (Wildman–Crippen LogP) is 4.53. The molecule has 3 aromatic rings. The van der Waals surface area contributed by atoms with Crippen LogP contribution in [-0.4, -0.2) is 24.9 Å². The Labute approximate surface area is 174 Å². The van der Waals surface area contributed by atoms with E-state index in [4.69, 9.17) is 0 Å². The summed E-state index contributed by atoms with van der Waals surface area (Å²) in [5.74, 6) is -0.299. The van der Waals surface area contributed by atoms with E-state index in [1.165, 1.54) is 11.3 Å². The molecule has 2 heterocycles. The molecule has 1 aliphatic rings. The summed E-state index contributed by atoms with van der Waals surface area (Å²) < 4.78 is 0. The molecule has 29 heavy (non-hydrogen) atoms. The third-order valence-electron chi connectivity index (χ3n) is 4.99. The molecular formula is C23H23N3O2S. The maximum Gasteiger partial charge on any atom is 0.265 e. The molecule has 148 valence electrons. The number of carbonyl (C=O) groups is 2. The molecule has 2 amide bonds. The number of anilines is 2. The lowest BCUT2D eigenvalue weighted by Gasteiger charge is -2.22. The van der Waals surface area contributed by atoms with Crippen molar-refractivity contribution >= 4 is 34.5 Å². The van der Waals surface area contributed by atoms with E-state index in [0.717, 1.165) is 37.2 Å². The van der Waals surface area contributed by atoms with E-state index in [1.54, 1.807) is 12.1 Å². The van der Waals surface area contributed by atoms with Crippen LogP contribution in [0.3, 0.4) is 0 Å². The highest BCUT2D eigenvalue weighted by atomic mass is 32.1. The van der Waals surface area contributed by atoms with Crippen molar-refractivity contribution in [3.8, 4) is 0 Å². The molecule has 4 rings (SSSR count). The molecule has 0 bridgehead atoms. The zero-order valence-corrected chi connectivity index (χ0v) is 16.9. The Morgan fingerprint density at radius 1 is 0.931 bits per heavy atom. The third kappa shape index (κ3) is 4.66. The van der Waals surface area contributed by atoms with Gasteiger partial charge in [-0.1, -0.05) is 36.4 Å². The van der Waals surface area contributed by atoms with Crippen molar-refractivity contribution < 1.29 is 9.59 Å². The Balaban J connectivity index is 1.56. The van der Waals surface area contributed by atoms with E-state index in [1.807, 2.05) is 53.9 Å². The van der Waals surface area contributed by atoms with Crippen LogP contribution in [0.1, 0.15) is 38.4 Å². The van der Waals surface area contributed by atoms with Crippen LogP contribution in [-0.2, 0) is 6.54 Å². The highest BCUT2D eigenvalue weighted by molar-refractivity contribution is 7.12. The van der Waals surface area contributed by atoms with Gasteiger partial charge in [0.2, 0.25) is 0 Å². The van der Waals surface area contributed by atoms with Gasteiger partial charge in [0.15, 0.2) is 0 Å². The highest BCUT2D eigenvalue weighted by Gasteiger charge is 2.20. The molecule has 6 heteroatoms. The Bertz CT molecular complexity index is 981. The Morgan fingerprint density at radius 3 is 2.45 bits per heavy atom. The number of carbonyl (C=O) groups excluding carboxylic acids is 2. The maximum atomic E-state index is 13.0. The van der Waals surface area contributed by atoms with Crippen molar-refractivity contribution in [3.05, 3.63) is 82.0 Å². The van der Waals surface area contributed by atoms with E-state index < -0.39 is 0 Å². The number of nitrogens with zero attached hydrogens (tertiary/aromatic N) is 1. The molecule has 0 aliphatic carbocycles. The van der Waals surface area contributed by atoms with Crippen molar-refractivity contribution in [1.29, 1.82) is 0 Å². The summed E-state index contributed by atoms with van der Waals surface area (Å²) in [7, 11) is 0. The van der Waals surface area contributed by atoms with Crippen molar-refractivity contribution in [2.75, 3.05) is 23.3 Å². The van der Waals surface area contributed by atoms with Crippen LogP contribution in [0.5, 0.6) is 0 Å². The van der Waals surface area contributed by atoms with Crippen LogP contribution < -0.4 is 15.5 Å². The van der Waals surface area contributed by atoms with Gasteiger partial charge in [-0.2, -0.15) is 0 Å². The molecule has 0 atom stereocenters. The summed E-state index contributed by atoms with van der Waals surface area (Å²) >= 11 is 1.39. The summed E-state index contributed by atoms with van der Waals surface area (Å²) in [5.41, 5.74) is 3.18. The average Bonchev–Trinajstić information content (AvgIpc) is 3.47. The first-order valence-corrected chi connectivity index (χ1v) is 10.6. The van der Waals surface area contributed by atoms with E-state index in [-0.39, 0.29) is 11.8 Å². The minimum absolute atomic E-state index is 0.136. The standard InChI is InChI=1S/C23H23N3O2S/c27-22(24-16-17-7-2-1-3-8-17)19-15-18(25-23(28)21-9-6-14-29-21)10-11-20(19)26-12-4-5-13-26/h1-3,6-11,14-15H,4-5,12-13,16H2,(H,24,27)(H,25,28). The van der Waals surface area contributed by atoms with Gasteiger partial charge in [0.05, 0.1) is 10.4 Å². The van der Waals surface area contributed by atoms with Crippen molar-refractivity contribution in [2.24, 2.45) is 0 Å². The topological polar surface area (TPSA) is 61.4 Å².